The highest BCUT2D eigenvalue weighted by atomic mass is 79.9. The van der Waals surface area contributed by atoms with Crippen LogP contribution in [-0.4, -0.2) is 4.98 Å². The van der Waals surface area contributed by atoms with Crippen molar-refractivity contribution in [2.75, 3.05) is 0 Å². The smallest absolute Gasteiger partial charge is 0.233 e. The maximum Gasteiger partial charge on any atom is 0.233 e. The maximum atomic E-state index is 5.95. The highest BCUT2D eigenvalue weighted by Crippen LogP contribution is 2.31. The second kappa shape index (κ2) is 5.69. The molecule has 2 rings (SSSR count). The van der Waals surface area contributed by atoms with Crippen molar-refractivity contribution in [3.8, 4) is 11.6 Å². The van der Waals surface area contributed by atoms with E-state index in [4.69, 9.17) is 22.1 Å². The van der Waals surface area contributed by atoms with Crippen molar-refractivity contribution in [3.05, 3.63) is 51.1 Å². The first-order valence-electron chi connectivity index (χ1n) is 5.38. The van der Waals surface area contributed by atoms with Crippen LogP contribution in [0.4, 0.5) is 0 Å². The summed E-state index contributed by atoms with van der Waals surface area (Å²) in [6.07, 6.45) is 1.74. The average molecular weight is 328 g/mol. The van der Waals surface area contributed by atoms with E-state index in [1.807, 2.05) is 19.1 Å². The van der Waals surface area contributed by atoms with Gasteiger partial charge in [-0.1, -0.05) is 17.7 Å². The lowest BCUT2D eigenvalue weighted by Crippen LogP contribution is -2.00. The van der Waals surface area contributed by atoms with Crippen LogP contribution in [0.25, 0.3) is 0 Å². The molecule has 18 heavy (non-hydrogen) atoms. The first-order valence-corrected chi connectivity index (χ1v) is 6.55. The third-order valence-corrected chi connectivity index (χ3v) is 3.20. The number of ether oxygens (including phenoxy) is 1. The molecule has 0 spiro atoms. The van der Waals surface area contributed by atoms with Crippen LogP contribution < -0.4 is 10.5 Å². The molecular formula is C13H12BrClN2O. The Bertz CT molecular complexity index is 575. The summed E-state index contributed by atoms with van der Waals surface area (Å²) in [6.45, 7) is 2.35. The van der Waals surface area contributed by atoms with Crippen LogP contribution in [-0.2, 0) is 6.54 Å². The van der Waals surface area contributed by atoms with Crippen LogP contribution in [0, 0.1) is 6.92 Å². The number of hydrogen-bond acceptors (Lipinski definition) is 3. The van der Waals surface area contributed by atoms with Gasteiger partial charge in [-0.3, -0.25) is 0 Å². The Balaban J connectivity index is 2.36. The molecular weight excluding hydrogens is 316 g/mol. The predicted octanol–water partition coefficient (Wildman–Crippen LogP) is 4.06. The fourth-order valence-corrected chi connectivity index (χ4v) is 2.20. The Hall–Kier alpha value is -1.10. The Morgan fingerprint density at radius 3 is 2.83 bits per heavy atom. The normalized spacial score (nSPS) is 10.4. The summed E-state index contributed by atoms with van der Waals surface area (Å²) in [5.74, 6) is 1.12. The quantitative estimate of drug-likeness (QED) is 0.925. The van der Waals surface area contributed by atoms with Gasteiger partial charge in [0.05, 0.1) is 4.47 Å². The van der Waals surface area contributed by atoms with Gasteiger partial charge in [-0.05, 0) is 46.6 Å². The van der Waals surface area contributed by atoms with E-state index in [0.29, 0.717) is 23.2 Å². The van der Waals surface area contributed by atoms with Gasteiger partial charge in [-0.2, -0.15) is 0 Å². The molecule has 2 N–H and O–H groups in total. The second-order valence-corrected chi connectivity index (χ2v) is 5.15. The molecule has 0 saturated carbocycles. The number of nitrogens with zero attached hydrogens (tertiary/aromatic N) is 1. The number of pyridine rings is 1. The molecule has 0 bridgehead atoms. The fraction of sp³-hybridized carbons (Fsp3) is 0.154. The van der Waals surface area contributed by atoms with E-state index in [2.05, 4.69) is 20.9 Å². The summed E-state index contributed by atoms with van der Waals surface area (Å²) in [7, 11) is 0. The SMILES string of the molecule is Cc1cnc(Oc2cc(Cl)ccc2CN)c(Br)c1. The van der Waals surface area contributed by atoms with Gasteiger partial charge in [0.1, 0.15) is 5.75 Å². The molecule has 0 unspecified atom stereocenters. The van der Waals surface area contributed by atoms with E-state index >= 15 is 0 Å². The van der Waals surface area contributed by atoms with Crippen LogP contribution >= 0.6 is 27.5 Å². The fourth-order valence-electron chi connectivity index (χ4n) is 1.49. The molecule has 2 aromatic rings. The molecule has 0 amide bonds. The lowest BCUT2D eigenvalue weighted by Gasteiger charge is -2.11. The van der Waals surface area contributed by atoms with E-state index in [0.717, 1.165) is 15.6 Å². The zero-order chi connectivity index (χ0) is 13.1. The van der Waals surface area contributed by atoms with E-state index in [1.165, 1.54) is 0 Å². The number of nitrogens with two attached hydrogens (primary N) is 1. The molecule has 1 aromatic heterocycles. The zero-order valence-corrected chi connectivity index (χ0v) is 12.1. The van der Waals surface area contributed by atoms with E-state index in [1.54, 1.807) is 18.3 Å². The van der Waals surface area contributed by atoms with Crippen molar-refractivity contribution in [3.63, 3.8) is 0 Å². The highest BCUT2D eigenvalue weighted by molar-refractivity contribution is 9.10. The van der Waals surface area contributed by atoms with Crippen LogP contribution in [0.5, 0.6) is 11.6 Å². The topological polar surface area (TPSA) is 48.1 Å². The minimum Gasteiger partial charge on any atom is -0.437 e. The largest absolute Gasteiger partial charge is 0.437 e. The molecule has 0 atom stereocenters. The molecule has 1 aromatic carbocycles. The van der Waals surface area contributed by atoms with Gasteiger partial charge in [0.15, 0.2) is 0 Å². The third-order valence-electron chi connectivity index (χ3n) is 2.40. The Kier molecular flexibility index (Phi) is 4.22. The van der Waals surface area contributed by atoms with Crippen molar-refractivity contribution >= 4 is 27.5 Å². The van der Waals surface area contributed by atoms with Gasteiger partial charge in [0.25, 0.3) is 0 Å². The van der Waals surface area contributed by atoms with E-state index in [9.17, 15) is 0 Å². The maximum absolute atomic E-state index is 5.95. The molecule has 0 aliphatic heterocycles. The first kappa shape index (κ1) is 13.3. The molecule has 1 heterocycles. The number of aromatic nitrogens is 1. The van der Waals surface area contributed by atoms with Gasteiger partial charge in [-0.15, -0.1) is 0 Å². The molecule has 5 heteroatoms. The minimum atomic E-state index is 0.385. The van der Waals surface area contributed by atoms with E-state index in [-0.39, 0.29) is 0 Å². The summed E-state index contributed by atoms with van der Waals surface area (Å²) in [4.78, 5) is 4.23. The van der Waals surface area contributed by atoms with Gasteiger partial charge in [0, 0.05) is 23.3 Å². The molecule has 0 aliphatic carbocycles. The summed E-state index contributed by atoms with van der Waals surface area (Å²) in [5, 5.41) is 0.602. The molecule has 0 aliphatic rings. The van der Waals surface area contributed by atoms with Gasteiger partial charge in [0.2, 0.25) is 5.88 Å². The lowest BCUT2D eigenvalue weighted by atomic mass is 10.2. The summed E-state index contributed by atoms with van der Waals surface area (Å²) in [5.41, 5.74) is 7.60. The van der Waals surface area contributed by atoms with Crippen molar-refractivity contribution in [2.24, 2.45) is 5.73 Å². The van der Waals surface area contributed by atoms with Crippen molar-refractivity contribution in [1.82, 2.24) is 4.98 Å². The summed E-state index contributed by atoms with van der Waals surface area (Å²) in [6, 6.07) is 7.31. The molecule has 0 saturated heterocycles. The number of aryl methyl sites for hydroxylation is 1. The Labute approximate surface area is 119 Å². The van der Waals surface area contributed by atoms with Gasteiger partial charge < -0.3 is 10.5 Å². The monoisotopic (exact) mass is 326 g/mol. The summed E-state index contributed by atoms with van der Waals surface area (Å²) >= 11 is 9.37. The van der Waals surface area contributed by atoms with Crippen LogP contribution in [0.1, 0.15) is 11.1 Å². The van der Waals surface area contributed by atoms with E-state index < -0.39 is 0 Å². The van der Waals surface area contributed by atoms with Crippen molar-refractivity contribution in [1.29, 1.82) is 0 Å². The van der Waals surface area contributed by atoms with Crippen LogP contribution in [0.3, 0.4) is 0 Å². The zero-order valence-electron chi connectivity index (χ0n) is 9.78. The number of rotatable bonds is 3. The Morgan fingerprint density at radius 2 is 2.17 bits per heavy atom. The molecule has 0 fully saturated rings. The summed E-state index contributed by atoms with van der Waals surface area (Å²) < 4.78 is 6.54. The Morgan fingerprint density at radius 1 is 1.39 bits per heavy atom. The number of halogens is 2. The highest BCUT2D eigenvalue weighted by Gasteiger charge is 2.09. The first-order chi connectivity index (χ1) is 8.60. The predicted molar refractivity (Wildman–Crippen MR) is 76.1 cm³/mol. The van der Waals surface area contributed by atoms with Crippen LogP contribution in [0.15, 0.2) is 34.9 Å². The average Bonchev–Trinajstić information content (AvgIpc) is 2.33. The minimum absolute atomic E-state index is 0.385. The number of hydrogen-bond donors (Lipinski definition) is 1. The molecule has 94 valence electrons. The third kappa shape index (κ3) is 3.02. The van der Waals surface area contributed by atoms with Crippen molar-refractivity contribution < 1.29 is 4.74 Å². The van der Waals surface area contributed by atoms with Crippen LogP contribution in [0.2, 0.25) is 5.02 Å². The molecule has 0 radical (unpaired) electrons. The molecule has 3 nitrogen and oxygen atoms in total. The van der Waals surface area contributed by atoms with Gasteiger partial charge in [-0.25, -0.2) is 4.98 Å². The lowest BCUT2D eigenvalue weighted by molar-refractivity contribution is 0.454. The standard InChI is InChI=1S/C13H12BrClN2O/c1-8-4-11(14)13(17-7-8)18-12-5-10(15)3-2-9(12)6-16/h2-5,7H,6,16H2,1H3. The number of benzene rings is 1. The van der Waals surface area contributed by atoms with Crippen molar-refractivity contribution in [2.45, 2.75) is 13.5 Å². The second-order valence-electron chi connectivity index (χ2n) is 3.86. The van der Waals surface area contributed by atoms with Gasteiger partial charge >= 0.3 is 0 Å².